The zero-order valence-corrected chi connectivity index (χ0v) is 15.3. The molecule has 1 fully saturated rings. The predicted octanol–water partition coefficient (Wildman–Crippen LogP) is 0.862. The summed E-state index contributed by atoms with van der Waals surface area (Å²) in [6.45, 7) is 6.91. The molecule has 1 aliphatic rings. The van der Waals surface area contributed by atoms with E-state index < -0.39 is 10.0 Å². The second kappa shape index (κ2) is 7.96. The van der Waals surface area contributed by atoms with Crippen LogP contribution in [0.2, 0.25) is 0 Å². The molecule has 134 valence electrons. The number of aliphatic imine (C=N–C) groups is 1. The van der Waals surface area contributed by atoms with Gasteiger partial charge in [-0.05, 0) is 31.5 Å². The lowest BCUT2D eigenvalue weighted by Gasteiger charge is -2.27. The fourth-order valence-corrected chi connectivity index (χ4v) is 3.64. The highest BCUT2D eigenvalue weighted by molar-refractivity contribution is 7.89. The molecule has 2 rings (SSSR count). The number of sulfonamides is 1. The van der Waals surface area contributed by atoms with Gasteiger partial charge in [-0.2, -0.15) is 4.31 Å². The van der Waals surface area contributed by atoms with Gasteiger partial charge in [-0.1, -0.05) is 12.1 Å². The maximum Gasteiger partial charge on any atom is 0.243 e. The van der Waals surface area contributed by atoms with Gasteiger partial charge in [0.1, 0.15) is 0 Å². The molecule has 1 aromatic rings. The van der Waals surface area contributed by atoms with E-state index in [4.69, 9.17) is 10.5 Å². The van der Waals surface area contributed by atoms with Gasteiger partial charge in [-0.3, -0.25) is 0 Å². The Balaban J connectivity index is 2.04. The van der Waals surface area contributed by atoms with E-state index in [-0.39, 0.29) is 10.9 Å². The molecule has 24 heavy (non-hydrogen) atoms. The third-order valence-electron chi connectivity index (χ3n) is 4.09. The van der Waals surface area contributed by atoms with Crippen molar-refractivity contribution in [1.29, 1.82) is 0 Å². The Hall–Kier alpha value is -1.64. The summed E-state index contributed by atoms with van der Waals surface area (Å²) in [5, 5.41) is 0. The molecule has 0 atom stereocenters. The molecule has 0 aliphatic carbocycles. The lowest BCUT2D eigenvalue weighted by atomic mass is 10.2. The van der Waals surface area contributed by atoms with Crippen LogP contribution in [0.1, 0.15) is 19.4 Å². The standard InChI is InChI=1S/C16H26N4O3S/c1-13(2)19(3)24(21,22)15-6-4-14(5-7-15)12-18-16(17)20-8-10-23-11-9-20/h4-7,13H,8-12H2,1-3H3,(H2,17,18). The summed E-state index contributed by atoms with van der Waals surface area (Å²) >= 11 is 0. The highest BCUT2D eigenvalue weighted by Gasteiger charge is 2.22. The fourth-order valence-electron chi connectivity index (χ4n) is 2.28. The molecular weight excluding hydrogens is 328 g/mol. The van der Waals surface area contributed by atoms with Crippen molar-refractivity contribution in [2.45, 2.75) is 31.3 Å². The van der Waals surface area contributed by atoms with Crippen LogP contribution in [0.3, 0.4) is 0 Å². The van der Waals surface area contributed by atoms with Crippen molar-refractivity contribution in [2.24, 2.45) is 10.7 Å². The quantitative estimate of drug-likeness (QED) is 0.626. The van der Waals surface area contributed by atoms with Crippen LogP contribution in [0.25, 0.3) is 0 Å². The highest BCUT2D eigenvalue weighted by Crippen LogP contribution is 2.17. The molecule has 1 aliphatic heterocycles. The number of rotatable bonds is 5. The lowest BCUT2D eigenvalue weighted by molar-refractivity contribution is 0.0674. The van der Waals surface area contributed by atoms with Crippen molar-refractivity contribution >= 4 is 16.0 Å². The fraction of sp³-hybridized carbons (Fsp3) is 0.562. The van der Waals surface area contributed by atoms with Gasteiger partial charge in [0, 0.05) is 26.2 Å². The predicted molar refractivity (Wildman–Crippen MR) is 94.2 cm³/mol. The van der Waals surface area contributed by atoms with Gasteiger partial charge in [0.05, 0.1) is 24.7 Å². The van der Waals surface area contributed by atoms with Crippen molar-refractivity contribution in [3.05, 3.63) is 29.8 Å². The average molecular weight is 354 g/mol. The molecular formula is C16H26N4O3S. The molecule has 2 N–H and O–H groups in total. The normalized spacial score (nSPS) is 16.9. The molecule has 0 unspecified atom stereocenters. The summed E-state index contributed by atoms with van der Waals surface area (Å²) in [6.07, 6.45) is 0. The molecule has 1 heterocycles. The number of hydrogen-bond donors (Lipinski definition) is 1. The molecule has 8 heteroatoms. The Morgan fingerprint density at radius 3 is 2.42 bits per heavy atom. The first-order chi connectivity index (χ1) is 11.3. The monoisotopic (exact) mass is 354 g/mol. The molecule has 0 saturated carbocycles. The van der Waals surface area contributed by atoms with Crippen LogP contribution in [0, 0.1) is 0 Å². The number of hydrogen-bond acceptors (Lipinski definition) is 4. The first-order valence-corrected chi connectivity index (χ1v) is 9.46. The maximum atomic E-state index is 12.4. The van der Waals surface area contributed by atoms with E-state index in [1.807, 2.05) is 18.7 Å². The molecule has 0 radical (unpaired) electrons. The van der Waals surface area contributed by atoms with Crippen molar-refractivity contribution in [3.8, 4) is 0 Å². The van der Waals surface area contributed by atoms with Crippen molar-refractivity contribution in [3.63, 3.8) is 0 Å². The topological polar surface area (TPSA) is 88.2 Å². The Morgan fingerprint density at radius 2 is 1.88 bits per heavy atom. The number of nitrogens with two attached hydrogens (primary N) is 1. The molecule has 0 aromatic heterocycles. The number of nitrogens with zero attached hydrogens (tertiary/aromatic N) is 3. The second-order valence-corrected chi connectivity index (χ2v) is 8.03. The zero-order valence-electron chi connectivity index (χ0n) is 14.5. The summed E-state index contributed by atoms with van der Waals surface area (Å²) in [5.74, 6) is 0.495. The van der Waals surface area contributed by atoms with Gasteiger partial charge >= 0.3 is 0 Å². The Morgan fingerprint density at radius 1 is 1.29 bits per heavy atom. The summed E-state index contributed by atoms with van der Waals surface area (Å²) in [7, 11) is -1.87. The summed E-state index contributed by atoms with van der Waals surface area (Å²) in [4.78, 5) is 6.65. The van der Waals surface area contributed by atoms with Gasteiger partial charge in [0.15, 0.2) is 5.96 Å². The Labute approximate surface area is 144 Å². The van der Waals surface area contributed by atoms with Crippen LogP contribution in [0.5, 0.6) is 0 Å². The van der Waals surface area contributed by atoms with E-state index in [0.717, 1.165) is 18.7 Å². The van der Waals surface area contributed by atoms with E-state index in [1.54, 1.807) is 31.3 Å². The number of morpholine rings is 1. The van der Waals surface area contributed by atoms with E-state index in [9.17, 15) is 8.42 Å². The number of guanidine groups is 1. The first-order valence-electron chi connectivity index (χ1n) is 8.02. The lowest BCUT2D eigenvalue weighted by Crippen LogP contribution is -2.44. The van der Waals surface area contributed by atoms with Crippen molar-refractivity contribution in [1.82, 2.24) is 9.21 Å². The van der Waals surface area contributed by atoms with Crippen LogP contribution in [0.4, 0.5) is 0 Å². The largest absolute Gasteiger partial charge is 0.378 e. The van der Waals surface area contributed by atoms with Gasteiger partial charge in [-0.25, -0.2) is 13.4 Å². The molecule has 0 bridgehead atoms. The summed E-state index contributed by atoms with van der Waals surface area (Å²) in [6, 6.07) is 6.69. The minimum atomic E-state index is -3.45. The first kappa shape index (κ1) is 18.7. The van der Waals surface area contributed by atoms with Gasteiger partial charge < -0.3 is 15.4 Å². The van der Waals surface area contributed by atoms with E-state index in [2.05, 4.69) is 4.99 Å². The molecule has 7 nitrogen and oxygen atoms in total. The van der Waals surface area contributed by atoms with Crippen LogP contribution < -0.4 is 5.73 Å². The average Bonchev–Trinajstić information content (AvgIpc) is 2.60. The van der Waals surface area contributed by atoms with Gasteiger partial charge in [0.2, 0.25) is 10.0 Å². The number of ether oxygens (including phenoxy) is 1. The second-order valence-electron chi connectivity index (χ2n) is 6.03. The van der Waals surface area contributed by atoms with Crippen molar-refractivity contribution in [2.75, 3.05) is 33.4 Å². The third kappa shape index (κ3) is 4.46. The maximum absolute atomic E-state index is 12.4. The van der Waals surface area contributed by atoms with Crippen LogP contribution in [-0.4, -0.2) is 63.0 Å². The number of benzene rings is 1. The minimum absolute atomic E-state index is 0.0902. The molecule has 0 amide bonds. The summed E-state index contributed by atoms with van der Waals surface area (Å²) in [5.41, 5.74) is 6.90. The van der Waals surface area contributed by atoms with Crippen LogP contribution in [0.15, 0.2) is 34.2 Å². The molecule has 0 spiro atoms. The zero-order chi connectivity index (χ0) is 17.7. The van der Waals surface area contributed by atoms with Crippen LogP contribution in [-0.2, 0) is 21.3 Å². The Bertz CT molecular complexity index is 665. The SMILES string of the molecule is CC(C)N(C)S(=O)(=O)c1ccc(CN=C(N)N2CCOCC2)cc1. The molecule has 1 aromatic carbocycles. The van der Waals surface area contributed by atoms with Crippen molar-refractivity contribution < 1.29 is 13.2 Å². The summed E-state index contributed by atoms with van der Waals surface area (Å²) < 4.78 is 31.5. The molecule has 1 saturated heterocycles. The van der Waals surface area contributed by atoms with Gasteiger partial charge in [0.25, 0.3) is 0 Å². The third-order valence-corrected chi connectivity index (χ3v) is 6.13. The van der Waals surface area contributed by atoms with Gasteiger partial charge in [-0.15, -0.1) is 0 Å². The highest BCUT2D eigenvalue weighted by atomic mass is 32.2. The Kier molecular flexibility index (Phi) is 6.20. The minimum Gasteiger partial charge on any atom is -0.378 e. The van der Waals surface area contributed by atoms with E-state index in [1.165, 1.54) is 4.31 Å². The van der Waals surface area contributed by atoms with E-state index in [0.29, 0.717) is 25.7 Å². The smallest absolute Gasteiger partial charge is 0.243 e. The van der Waals surface area contributed by atoms with E-state index >= 15 is 0 Å². The van der Waals surface area contributed by atoms with Crippen LogP contribution >= 0.6 is 0 Å².